The first-order valence-corrected chi connectivity index (χ1v) is 6.90. The van der Waals surface area contributed by atoms with Crippen molar-refractivity contribution >= 4 is 33.1 Å². The Bertz CT molecular complexity index is 560. The first-order valence-electron chi connectivity index (χ1n) is 6.11. The van der Waals surface area contributed by atoms with E-state index in [0.29, 0.717) is 10.2 Å². The number of nitrogens with one attached hydrogen (secondary N) is 2. The van der Waals surface area contributed by atoms with Crippen LogP contribution in [0.5, 0.6) is 0 Å². The summed E-state index contributed by atoms with van der Waals surface area (Å²) in [7, 11) is 0. The van der Waals surface area contributed by atoms with Gasteiger partial charge in [0.1, 0.15) is 11.6 Å². The molecule has 1 aromatic heterocycles. The molecule has 0 unspecified atom stereocenters. The Balaban J connectivity index is 2.11. The Morgan fingerprint density at radius 3 is 2.74 bits per heavy atom. The fourth-order valence-electron chi connectivity index (χ4n) is 1.60. The lowest BCUT2D eigenvalue weighted by molar-refractivity contribution is 0.622. The van der Waals surface area contributed by atoms with Crippen LogP contribution in [0, 0.1) is 5.82 Å². The minimum absolute atomic E-state index is 0.289. The van der Waals surface area contributed by atoms with Gasteiger partial charge in [0.15, 0.2) is 0 Å². The van der Waals surface area contributed by atoms with Crippen LogP contribution in [0.2, 0.25) is 0 Å². The molecule has 0 radical (unpaired) electrons. The van der Waals surface area contributed by atoms with E-state index in [2.05, 4.69) is 38.5 Å². The number of hydrogen-bond donors (Lipinski definition) is 2. The quantitative estimate of drug-likeness (QED) is 0.847. The van der Waals surface area contributed by atoms with E-state index in [0.717, 1.165) is 24.5 Å². The molecule has 0 aliphatic rings. The SMILES string of the molecule is CCCNc1cc(Nc2ccc(Br)c(F)c2)ccn1. The van der Waals surface area contributed by atoms with Crippen LogP contribution in [0.3, 0.4) is 0 Å². The zero-order chi connectivity index (χ0) is 13.7. The zero-order valence-electron chi connectivity index (χ0n) is 10.6. The van der Waals surface area contributed by atoms with Crippen molar-refractivity contribution in [2.45, 2.75) is 13.3 Å². The van der Waals surface area contributed by atoms with Gasteiger partial charge in [0.25, 0.3) is 0 Å². The summed E-state index contributed by atoms with van der Waals surface area (Å²) in [5.41, 5.74) is 1.57. The van der Waals surface area contributed by atoms with E-state index in [-0.39, 0.29) is 5.82 Å². The molecule has 2 rings (SSSR count). The minimum Gasteiger partial charge on any atom is -0.370 e. The van der Waals surface area contributed by atoms with E-state index in [9.17, 15) is 4.39 Å². The fourth-order valence-corrected chi connectivity index (χ4v) is 1.85. The van der Waals surface area contributed by atoms with Gasteiger partial charge in [-0.15, -0.1) is 0 Å². The van der Waals surface area contributed by atoms with Crippen LogP contribution in [-0.2, 0) is 0 Å². The first-order chi connectivity index (χ1) is 9.19. The largest absolute Gasteiger partial charge is 0.370 e. The van der Waals surface area contributed by atoms with Crippen molar-refractivity contribution in [3.05, 3.63) is 46.8 Å². The molecule has 0 fully saturated rings. The first kappa shape index (κ1) is 13.8. The van der Waals surface area contributed by atoms with Gasteiger partial charge in [-0.05, 0) is 46.6 Å². The summed E-state index contributed by atoms with van der Waals surface area (Å²) in [5, 5.41) is 6.36. The summed E-state index contributed by atoms with van der Waals surface area (Å²) in [4.78, 5) is 4.22. The van der Waals surface area contributed by atoms with Crippen LogP contribution in [0.1, 0.15) is 13.3 Å². The van der Waals surface area contributed by atoms with Crippen molar-refractivity contribution in [2.24, 2.45) is 0 Å². The second-order valence-corrected chi connectivity index (χ2v) is 4.96. The van der Waals surface area contributed by atoms with E-state index in [4.69, 9.17) is 0 Å². The molecular weight excluding hydrogens is 309 g/mol. The Kier molecular flexibility index (Phi) is 4.74. The van der Waals surface area contributed by atoms with Gasteiger partial charge in [0, 0.05) is 30.2 Å². The van der Waals surface area contributed by atoms with Crippen LogP contribution < -0.4 is 10.6 Å². The smallest absolute Gasteiger partial charge is 0.139 e. The second kappa shape index (κ2) is 6.52. The molecule has 0 spiro atoms. The highest BCUT2D eigenvalue weighted by molar-refractivity contribution is 9.10. The van der Waals surface area contributed by atoms with Gasteiger partial charge >= 0.3 is 0 Å². The lowest BCUT2D eigenvalue weighted by Gasteiger charge is -2.09. The topological polar surface area (TPSA) is 37.0 Å². The molecule has 19 heavy (non-hydrogen) atoms. The zero-order valence-corrected chi connectivity index (χ0v) is 12.2. The van der Waals surface area contributed by atoms with Crippen LogP contribution in [0.4, 0.5) is 21.6 Å². The lowest BCUT2D eigenvalue weighted by atomic mass is 10.3. The number of rotatable bonds is 5. The van der Waals surface area contributed by atoms with Gasteiger partial charge in [0.05, 0.1) is 4.47 Å². The maximum absolute atomic E-state index is 13.4. The lowest BCUT2D eigenvalue weighted by Crippen LogP contribution is -2.02. The second-order valence-electron chi connectivity index (χ2n) is 4.11. The third kappa shape index (κ3) is 3.92. The maximum atomic E-state index is 13.4. The summed E-state index contributed by atoms with van der Waals surface area (Å²) in [6.45, 7) is 2.98. The van der Waals surface area contributed by atoms with Crippen LogP contribution in [0.15, 0.2) is 41.0 Å². The molecule has 2 aromatic rings. The molecule has 100 valence electrons. The van der Waals surface area contributed by atoms with E-state index in [1.54, 1.807) is 12.3 Å². The average Bonchev–Trinajstić information content (AvgIpc) is 2.41. The molecular formula is C14H15BrFN3. The predicted octanol–water partition coefficient (Wildman–Crippen LogP) is 4.55. The number of anilines is 3. The van der Waals surface area contributed by atoms with Gasteiger partial charge in [0.2, 0.25) is 0 Å². The van der Waals surface area contributed by atoms with Crippen LogP contribution in [-0.4, -0.2) is 11.5 Å². The van der Waals surface area contributed by atoms with E-state index >= 15 is 0 Å². The predicted molar refractivity (Wildman–Crippen MR) is 80.4 cm³/mol. The Morgan fingerprint density at radius 1 is 1.21 bits per heavy atom. The molecule has 0 saturated carbocycles. The molecule has 0 atom stereocenters. The van der Waals surface area contributed by atoms with Gasteiger partial charge in [-0.1, -0.05) is 6.92 Å². The minimum atomic E-state index is -0.289. The summed E-state index contributed by atoms with van der Waals surface area (Å²) in [6.07, 6.45) is 2.76. The summed E-state index contributed by atoms with van der Waals surface area (Å²) < 4.78 is 13.9. The average molecular weight is 324 g/mol. The molecule has 1 heterocycles. The van der Waals surface area contributed by atoms with Crippen molar-refractivity contribution in [3.63, 3.8) is 0 Å². The van der Waals surface area contributed by atoms with Crippen molar-refractivity contribution in [3.8, 4) is 0 Å². The number of aromatic nitrogens is 1. The Hall–Kier alpha value is -1.62. The molecule has 2 N–H and O–H groups in total. The standard InChI is InChI=1S/C14H15BrFN3/c1-2-6-17-14-9-11(5-7-18-14)19-10-3-4-12(15)13(16)8-10/h3-5,7-9H,2,6H2,1H3,(H2,17,18,19). The summed E-state index contributed by atoms with van der Waals surface area (Å²) in [5.74, 6) is 0.521. The number of pyridine rings is 1. The number of hydrogen-bond acceptors (Lipinski definition) is 3. The van der Waals surface area contributed by atoms with Crippen LogP contribution >= 0.6 is 15.9 Å². The summed E-state index contributed by atoms with van der Waals surface area (Å²) >= 11 is 3.13. The van der Waals surface area contributed by atoms with Gasteiger partial charge in [-0.25, -0.2) is 9.37 Å². The van der Waals surface area contributed by atoms with Crippen molar-refractivity contribution in [1.29, 1.82) is 0 Å². The Morgan fingerprint density at radius 2 is 2.00 bits per heavy atom. The van der Waals surface area contributed by atoms with E-state index < -0.39 is 0 Å². The highest BCUT2D eigenvalue weighted by Gasteiger charge is 2.02. The molecule has 0 amide bonds. The van der Waals surface area contributed by atoms with Crippen molar-refractivity contribution in [2.75, 3.05) is 17.2 Å². The van der Waals surface area contributed by atoms with Crippen molar-refractivity contribution in [1.82, 2.24) is 4.98 Å². The molecule has 0 saturated heterocycles. The van der Waals surface area contributed by atoms with Crippen LogP contribution in [0.25, 0.3) is 0 Å². The monoisotopic (exact) mass is 323 g/mol. The number of halogens is 2. The molecule has 5 heteroatoms. The van der Waals surface area contributed by atoms with Gasteiger partial charge < -0.3 is 10.6 Å². The summed E-state index contributed by atoms with van der Waals surface area (Å²) in [6, 6.07) is 8.68. The molecule has 0 aliphatic heterocycles. The van der Waals surface area contributed by atoms with Crippen molar-refractivity contribution < 1.29 is 4.39 Å². The fraction of sp³-hybridized carbons (Fsp3) is 0.214. The maximum Gasteiger partial charge on any atom is 0.139 e. The third-order valence-corrected chi connectivity index (χ3v) is 3.17. The highest BCUT2D eigenvalue weighted by atomic mass is 79.9. The molecule has 1 aromatic carbocycles. The van der Waals surface area contributed by atoms with E-state index in [1.165, 1.54) is 6.07 Å². The highest BCUT2D eigenvalue weighted by Crippen LogP contribution is 2.23. The number of nitrogens with zero attached hydrogens (tertiary/aromatic N) is 1. The normalized spacial score (nSPS) is 10.3. The molecule has 0 aliphatic carbocycles. The molecule has 3 nitrogen and oxygen atoms in total. The number of benzene rings is 1. The van der Waals surface area contributed by atoms with Gasteiger partial charge in [-0.3, -0.25) is 0 Å². The third-order valence-electron chi connectivity index (χ3n) is 2.52. The van der Waals surface area contributed by atoms with Gasteiger partial charge in [-0.2, -0.15) is 0 Å². The van der Waals surface area contributed by atoms with E-state index in [1.807, 2.05) is 18.2 Å². The Labute approximate surface area is 120 Å². The molecule has 0 bridgehead atoms.